The maximum Gasteiger partial charge on any atom is 0.0581 e. The molecule has 0 bridgehead atoms. The Labute approximate surface area is 102 Å². The van der Waals surface area contributed by atoms with Crippen LogP contribution in [0.1, 0.15) is 24.1 Å². The first-order valence-corrected chi connectivity index (χ1v) is 5.66. The fraction of sp³-hybridized carbons (Fsp3) is 0.385. The Morgan fingerprint density at radius 2 is 2.25 bits per heavy atom. The summed E-state index contributed by atoms with van der Waals surface area (Å²) in [7, 11) is 0. The molecule has 1 rings (SSSR count). The number of aryl methyl sites for hydroxylation is 1. The number of rotatable bonds is 4. The predicted molar refractivity (Wildman–Crippen MR) is 69.4 cm³/mol. The average molecular weight is 237 g/mol. The van der Waals surface area contributed by atoms with Gasteiger partial charge in [0.25, 0.3) is 0 Å². The number of nitrogens with two attached hydrogens (primary N) is 1. The molecule has 1 aromatic rings. The summed E-state index contributed by atoms with van der Waals surface area (Å²) >= 11 is 5.92. The summed E-state index contributed by atoms with van der Waals surface area (Å²) in [5, 5.41) is 4.06. The van der Waals surface area contributed by atoms with E-state index in [9.17, 15) is 0 Å². The molecule has 0 saturated heterocycles. The van der Waals surface area contributed by atoms with Crippen LogP contribution < -0.4 is 11.1 Å². The third-order valence-corrected chi connectivity index (χ3v) is 2.69. The second kappa shape index (κ2) is 6.55. The van der Waals surface area contributed by atoms with Crippen molar-refractivity contribution in [3.8, 4) is 11.8 Å². The van der Waals surface area contributed by atoms with Gasteiger partial charge in [-0.25, -0.2) is 0 Å². The number of nitrogens with one attached hydrogen (secondary N) is 1. The van der Waals surface area contributed by atoms with E-state index in [0.29, 0.717) is 13.1 Å². The Hall–Kier alpha value is -1.01. The van der Waals surface area contributed by atoms with E-state index in [1.807, 2.05) is 32.0 Å². The molecule has 0 aromatic heterocycles. The van der Waals surface area contributed by atoms with E-state index in [2.05, 4.69) is 17.2 Å². The molecule has 0 aliphatic heterocycles. The molecule has 3 N–H and O–H groups in total. The summed E-state index contributed by atoms with van der Waals surface area (Å²) in [6.45, 7) is 5.07. The fourth-order valence-corrected chi connectivity index (χ4v) is 1.84. The van der Waals surface area contributed by atoms with Crippen molar-refractivity contribution in [1.29, 1.82) is 0 Å². The molecule has 0 amide bonds. The monoisotopic (exact) mass is 236 g/mol. The van der Waals surface area contributed by atoms with Crippen molar-refractivity contribution in [2.45, 2.75) is 19.9 Å². The van der Waals surface area contributed by atoms with E-state index in [1.54, 1.807) is 0 Å². The molecule has 2 nitrogen and oxygen atoms in total. The molecule has 3 heteroatoms. The molecule has 0 aliphatic carbocycles. The van der Waals surface area contributed by atoms with Gasteiger partial charge in [-0.15, -0.1) is 5.92 Å². The van der Waals surface area contributed by atoms with Gasteiger partial charge in [0.1, 0.15) is 0 Å². The maximum absolute atomic E-state index is 5.92. The lowest BCUT2D eigenvalue weighted by atomic mass is 10.0. The molecule has 0 aliphatic rings. The quantitative estimate of drug-likeness (QED) is 0.788. The van der Waals surface area contributed by atoms with Crippen molar-refractivity contribution in [1.82, 2.24) is 5.32 Å². The second-order valence-corrected chi connectivity index (χ2v) is 4.03. The first-order valence-electron chi connectivity index (χ1n) is 5.28. The van der Waals surface area contributed by atoms with Crippen molar-refractivity contribution in [2.75, 3.05) is 13.1 Å². The number of hydrogen-bond donors (Lipinski definition) is 2. The van der Waals surface area contributed by atoms with Gasteiger partial charge in [0.15, 0.2) is 0 Å². The van der Waals surface area contributed by atoms with Crippen LogP contribution in [0.2, 0.25) is 5.02 Å². The summed E-state index contributed by atoms with van der Waals surface area (Å²) in [5.74, 6) is 5.82. The molecule has 0 heterocycles. The molecule has 0 saturated carbocycles. The molecule has 0 fully saturated rings. The number of halogens is 1. The van der Waals surface area contributed by atoms with E-state index in [-0.39, 0.29) is 6.04 Å². The summed E-state index contributed by atoms with van der Waals surface area (Å²) < 4.78 is 0. The maximum atomic E-state index is 5.92. The van der Waals surface area contributed by atoms with E-state index >= 15 is 0 Å². The van der Waals surface area contributed by atoms with Crippen molar-refractivity contribution in [2.24, 2.45) is 5.73 Å². The van der Waals surface area contributed by atoms with E-state index in [0.717, 1.165) is 10.6 Å². The Morgan fingerprint density at radius 3 is 2.81 bits per heavy atom. The third-order valence-electron chi connectivity index (χ3n) is 2.46. The zero-order valence-corrected chi connectivity index (χ0v) is 10.4. The van der Waals surface area contributed by atoms with Crippen LogP contribution in [0.5, 0.6) is 0 Å². The summed E-state index contributed by atoms with van der Waals surface area (Å²) in [6, 6.07) is 5.99. The molecular formula is C13H17ClN2. The van der Waals surface area contributed by atoms with Crippen LogP contribution in [0, 0.1) is 18.8 Å². The normalized spacial score (nSPS) is 11.8. The van der Waals surface area contributed by atoms with Gasteiger partial charge in [-0.2, -0.15) is 0 Å². The Morgan fingerprint density at radius 1 is 1.50 bits per heavy atom. The van der Waals surface area contributed by atoms with Crippen LogP contribution in [0.15, 0.2) is 18.2 Å². The van der Waals surface area contributed by atoms with Crippen molar-refractivity contribution >= 4 is 11.6 Å². The minimum absolute atomic E-state index is 0.137. The van der Waals surface area contributed by atoms with Gasteiger partial charge in [0.2, 0.25) is 0 Å². The van der Waals surface area contributed by atoms with Crippen molar-refractivity contribution < 1.29 is 0 Å². The molecular weight excluding hydrogens is 220 g/mol. The Kier molecular flexibility index (Phi) is 5.34. The average Bonchev–Trinajstić information content (AvgIpc) is 2.26. The van der Waals surface area contributed by atoms with Crippen molar-refractivity contribution in [3.63, 3.8) is 0 Å². The zero-order chi connectivity index (χ0) is 12.0. The van der Waals surface area contributed by atoms with Gasteiger partial charge in [-0.1, -0.05) is 23.6 Å². The van der Waals surface area contributed by atoms with Crippen LogP contribution in [0.3, 0.4) is 0 Å². The van der Waals surface area contributed by atoms with Crippen molar-refractivity contribution in [3.05, 3.63) is 34.3 Å². The SMILES string of the molecule is CC#CCNC(CN)c1ccc(Cl)cc1C. The summed E-state index contributed by atoms with van der Waals surface area (Å²) in [5.41, 5.74) is 8.09. The van der Waals surface area contributed by atoms with Crippen LogP contribution >= 0.6 is 11.6 Å². The van der Waals surface area contributed by atoms with Gasteiger partial charge in [-0.3, -0.25) is 5.32 Å². The highest BCUT2D eigenvalue weighted by Gasteiger charge is 2.10. The van der Waals surface area contributed by atoms with E-state index < -0.39 is 0 Å². The number of hydrogen-bond acceptors (Lipinski definition) is 2. The highest BCUT2D eigenvalue weighted by molar-refractivity contribution is 6.30. The van der Waals surface area contributed by atoms with Crippen LogP contribution in [0.4, 0.5) is 0 Å². The third kappa shape index (κ3) is 3.53. The molecule has 16 heavy (non-hydrogen) atoms. The van der Waals surface area contributed by atoms with E-state index in [4.69, 9.17) is 17.3 Å². The molecule has 1 unspecified atom stereocenters. The van der Waals surface area contributed by atoms with Gasteiger partial charge in [0, 0.05) is 17.6 Å². The summed E-state index contributed by atoms with van der Waals surface area (Å²) in [4.78, 5) is 0. The second-order valence-electron chi connectivity index (χ2n) is 3.60. The fourth-order valence-electron chi connectivity index (χ4n) is 1.61. The first-order chi connectivity index (χ1) is 7.69. The lowest BCUT2D eigenvalue weighted by Crippen LogP contribution is -2.29. The highest BCUT2D eigenvalue weighted by atomic mass is 35.5. The minimum Gasteiger partial charge on any atom is -0.329 e. The number of benzene rings is 1. The smallest absolute Gasteiger partial charge is 0.0581 e. The Balaban J connectivity index is 2.80. The zero-order valence-electron chi connectivity index (χ0n) is 9.68. The molecule has 1 atom stereocenters. The molecule has 0 spiro atoms. The topological polar surface area (TPSA) is 38.0 Å². The van der Waals surface area contributed by atoms with Gasteiger partial charge in [0.05, 0.1) is 6.54 Å². The first kappa shape index (κ1) is 13.1. The lowest BCUT2D eigenvalue weighted by Gasteiger charge is -2.18. The van der Waals surface area contributed by atoms with Crippen LogP contribution in [-0.2, 0) is 0 Å². The summed E-state index contributed by atoms with van der Waals surface area (Å²) in [6.07, 6.45) is 0. The predicted octanol–water partition coefficient (Wildman–Crippen LogP) is 2.26. The van der Waals surface area contributed by atoms with E-state index in [1.165, 1.54) is 5.56 Å². The van der Waals surface area contributed by atoms with Crippen LogP contribution in [0.25, 0.3) is 0 Å². The van der Waals surface area contributed by atoms with Gasteiger partial charge < -0.3 is 5.73 Å². The molecule has 1 aromatic carbocycles. The van der Waals surface area contributed by atoms with Gasteiger partial charge >= 0.3 is 0 Å². The van der Waals surface area contributed by atoms with Gasteiger partial charge in [-0.05, 0) is 37.1 Å². The minimum atomic E-state index is 0.137. The lowest BCUT2D eigenvalue weighted by molar-refractivity contribution is 0.579. The Bertz CT molecular complexity index is 404. The molecule has 0 radical (unpaired) electrons. The van der Waals surface area contributed by atoms with Crippen LogP contribution in [-0.4, -0.2) is 13.1 Å². The standard InChI is InChI=1S/C13H17ClN2/c1-3-4-7-16-13(9-15)12-6-5-11(14)8-10(12)2/h5-6,8,13,16H,7,9,15H2,1-2H3. The highest BCUT2D eigenvalue weighted by Crippen LogP contribution is 2.20. The molecule has 86 valence electrons. The largest absolute Gasteiger partial charge is 0.329 e.